The van der Waals surface area contributed by atoms with Crippen LogP contribution in [0.1, 0.15) is 16.7 Å². The molecule has 27 heavy (non-hydrogen) atoms. The van der Waals surface area contributed by atoms with Crippen LogP contribution < -0.4 is 15.0 Å². The van der Waals surface area contributed by atoms with Gasteiger partial charge in [-0.25, -0.2) is 4.79 Å². The van der Waals surface area contributed by atoms with E-state index >= 15 is 0 Å². The predicted molar refractivity (Wildman–Crippen MR) is 110 cm³/mol. The largest absolute Gasteiger partial charge is 0.497 e. The lowest BCUT2D eigenvalue weighted by atomic mass is 10.1. The number of hydrogen-bond donors (Lipinski definition) is 1. The average Bonchev–Trinajstić information content (AvgIpc) is 2.70. The molecule has 1 N–H and O–H groups in total. The first-order chi connectivity index (χ1) is 13.1. The molecule has 0 atom stereocenters. The van der Waals surface area contributed by atoms with Gasteiger partial charge in [0.15, 0.2) is 0 Å². The molecule has 144 valence electrons. The highest BCUT2D eigenvalue weighted by molar-refractivity contribution is 5.74. The van der Waals surface area contributed by atoms with Crippen LogP contribution in [-0.4, -0.2) is 50.8 Å². The van der Waals surface area contributed by atoms with Gasteiger partial charge in [-0.1, -0.05) is 24.3 Å². The van der Waals surface area contributed by atoms with Crippen molar-refractivity contribution < 1.29 is 9.53 Å². The number of urea groups is 1. The van der Waals surface area contributed by atoms with E-state index in [0.29, 0.717) is 6.54 Å². The number of nitrogens with one attached hydrogen (secondary N) is 1. The number of carbonyl (C=O) groups is 1. The molecule has 0 saturated carbocycles. The van der Waals surface area contributed by atoms with Crippen LogP contribution in [-0.2, 0) is 6.42 Å². The molecule has 0 bridgehead atoms. The first-order valence-corrected chi connectivity index (χ1v) is 9.55. The Balaban J connectivity index is 1.46. The molecule has 2 aromatic rings. The Bertz CT molecular complexity index is 783. The van der Waals surface area contributed by atoms with Crippen molar-refractivity contribution in [2.75, 3.05) is 44.7 Å². The number of aryl methyl sites for hydroxylation is 2. The summed E-state index contributed by atoms with van der Waals surface area (Å²) in [6.07, 6.45) is 0.797. The summed E-state index contributed by atoms with van der Waals surface area (Å²) in [5, 5.41) is 3.04. The first kappa shape index (κ1) is 19.1. The Kier molecular flexibility index (Phi) is 6.22. The van der Waals surface area contributed by atoms with E-state index in [0.717, 1.165) is 43.9 Å². The third-order valence-corrected chi connectivity index (χ3v) is 5.10. The van der Waals surface area contributed by atoms with Gasteiger partial charge < -0.3 is 19.9 Å². The van der Waals surface area contributed by atoms with Gasteiger partial charge >= 0.3 is 6.03 Å². The van der Waals surface area contributed by atoms with Crippen LogP contribution in [0.15, 0.2) is 42.5 Å². The van der Waals surface area contributed by atoms with E-state index in [1.54, 1.807) is 7.11 Å². The lowest BCUT2D eigenvalue weighted by Crippen LogP contribution is -2.52. The van der Waals surface area contributed by atoms with E-state index in [2.05, 4.69) is 48.3 Å². The molecule has 1 aliphatic heterocycles. The fourth-order valence-electron chi connectivity index (χ4n) is 3.46. The number of rotatable bonds is 5. The minimum atomic E-state index is 0.0264. The number of nitrogens with zero attached hydrogens (tertiary/aromatic N) is 2. The molecule has 2 amide bonds. The van der Waals surface area contributed by atoms with Crippen molar-refractivity contribution in [3.63, 3.8) is 0 Å². The third-order valence-electron chi connectivity index (χ3n) is 5.10. The second kappa shape index (κ2) is 8.80. The van der Waals surface area contributed by atoms with Gasteiger partial charge in [0.1, 0.15) is 5.75 Å². The van der Waals surface area contributed by atoms with Gasteiger partial charge in [-0.2, -0.15) is 0 Å². The zero-order valence-corrected chi connectivity index (χ0v) is 16.5. The Hall–Kier alpha value is -2.69. The molecule has 0 aromatic heterocycles. The SMILES string of the molecule is COc1cccc(CCNC(=O)N2CCN(c3cc(C)ccc3C)CC2)c1. The third kappa shape index (κ3) is 4.94. The van der Waals surface area contributed by atoms with Crippen molar-refractivity contribution in [1.29, 1.82) is 0 Å². The van der Waals surface area contributed by atoms with Crippen LogP contribution in [0.2, 0.25) is 0 Å². The first-order valence-electron chi connectivity index (χ1n) is 9.55. The van der Waals surface area contributed by atoms with E-state index < -0.39 is 0 Å². The highest BCUT2D eigenvalue weighted by atomic mass is 16.5. The van der Waals surface area contributed by atoms with E-state index in [4.69, 9.17) is 4.74 Å². The minimum absolute atomic E-state index is 0.0264. The topological polar surface area (TPSA) is 44.8 Å². The fraction of sp³-hybridized carbons (Fsp3) is 0.409. The van der Waals surface area contributed by atoms with Crippen molar-refractivity contribution in [3.8, 4) is 5.75 Å². The smallest absolute Gasteiger partial charge is 0.317 e. The monoisotopic (exact) mass is 367 g/mol. The maximum Gasteiger partial charge on any atom is 0.317 e. The molecule has 1 fully saturated rings. The highest BCUT2D eigenvalue weighted by Gasteiger charge is 2.21. The van der Waals surface area contributed by atoms with Crippen molar-refractivity contribution in [1.82, 2.24) is 10.2 Å². The number of benzene rings is 2. The van der Waals surface area contributed by atoms with Crippen LogP contribution in [0, 0.1) is 13.8 Å². The van der Waals surface area contributed by atoms with Gasteiger partial charge in [0.05, 0.1) is 7.11 Å². The number of anilines is 1. The van der Waals surface area contributed by atoms with Crippen LogP contribution >= 0.6 is 0 Å². The summed E-state index contributed by atoms with van der Waals surface area (Å²) in [5.41, 5.74) is 5.01. The standard InChI is InChI=1S/C22H29N3O2/c1-17-7-8-18(2)21(15-17)24-11-13-25(14-12-24)22(26)23-10-9-19-5-4-6-20(16-19)27-3/h4-8,15-16H,9-14H2,1-3H3,(H,23,26). The molecule has 3 rings (SSSR count). The maximum absolute atomic E-state index is 12.4. The molecule has 0 radical (unpaired) electrons. The van der Waals surface area contributed by atoms with Crippen LogP contribution in [0.5, 0.6) is 5.75 Å². The predicted octanol–water partition coefficient (Wildman–Crippen LogP) is 3.39. The molecule has 1 aliphatic rings. The second-order valence-electron chi connectivity index (χ2n) is 7.10. The summed E-state index contributed by atoms with van der Waals surface area (Å²) in [7, 11) is 1.67. The zero-order valence-electron chi connectivity index (χ0n) is 16.5. The quantitative estimate of drug-likeness (QED) is 0.881. The molecule has 0 spiro atoms. The summed E-state index contributed by atoms with van der Waals surface area (Å²) < 4.78 is 5.24. The van der Waals surface area contributed by atoms with Crippen molar-refractivity contribution >= 4 is 11.7 Å². The molecule has 0 aliphatic carbocycles. The summed E-state index contributed by atoms with van der Waals surface area (Å²) in [6, 6.07) is 14.5. The fourth-order valence-corrected chi connectivity index (χ4v) is 3.46. The summed E-state index contributed by atoms with van der Waals surface area (Å²) >= 11 is 0. The second-order valence-corrected chi connectivity index (χ2v) is 7.10. The minimum Gasteiger partial charge on any atom is -0.497 e. The van der Waals surface area contributed by atoms with E-state index in [-0.39, 0.29) is 6.03 Å². The van der Waals surface area contributed by atoms with Crippen molar-refractivity contribution in [3.05, 3.63) is 59.2 Å². The van der Waals surface area contributed by atoms with Gasteiger partial charge in [-0.05, 0) is 55.2 Å². The van der Waals surface area contributed by atoms with Crippen molar-refractivity contribution in [2.45, 2.75) is 20.3 Å². The van der Waals surface area contributed by atoms with E-state index in [1.165, 1.54) is 16.8 Å². The lowest BCUT2D eigenvalue weighted by molar-refractivity contribution is 0.194. The number of ether oxygens (including phenoxy) is 1. The molecule has 2 aromatic carbocycles. The van der Waals surface area contributed by atoms with Gasteiger partial charge in [0, 0.05) is 38.4 Å². The molecule has 1 saturated heterocycles. The van der Waals surface area contributed by atoms with Crippen LogP contribution in [0.25, 0.3) is 0 Å². The molecule has 0 unspecified atom stereocenters. The van der Waals surface area contributed by atoms with Crippen LogP contribution in [0.4, 0.5) is 10.5 Å². The maximum atomic E-state index is 12.4. The van der Waals surface area contributed by atoms with Gasteiger partial charge in [-0.15, -0.1) is 0 Å². The normalized spacial score (nSPS) is 14.2. The average molecular weight is 367 g/mol. The molecule has 5 nitrogen and oxygen atoms in total. The summed E-state index contributed by atoms with van der Waals surface area (Å²) in [4.78, 5) is 16.7. The molecule has 5 heteroatoms. The number of methoxy groups -OCH3 is 1. The molecule has 1 heterocycles. The number of piperazine rings is 1. The Morgan fingerprint density at radius 2 is 1.85 bits per heavy atom. The Labute approximate surface area is 161 Å². The van der Waals surface area contributed by atoms with Gasteiger partial charge in [-0.3, -0.25) is 0 Å². The van der Waals surface area contributed by atoms with Gasteiger partial charge in [0.2, 0.25) is 0 Å². The lowest BCUT2D eigenvalue weighted by Gasteiger charge is -2.37. The van der Waals surface area contributed by atoms with Crippen LogP contribution in [0.3, 0.4) is 0 Å². The molecular formula is C22H29N3O2. The highest BCUT2D eigenvalue weighted by Crippen LogP contribution is 2.22. The summed E-state index contributed by atoms with van der Waals surface area (Å²) in [5.74, 6) is 0.849. The zero-order chi connectivity index (χ0) is 19.2. The Morgan fingerprint density at radius 1 is 1.07 bits per heavy atom. The van der Waals surface area contributed by atoms with E-state index in [9.17, 15) is 4.79 Å². The van der Waals surface area contributed by atoms with Crippen molar-refractivity contribution in [2.24, 2.45) is 0 Å². The van der Waals surface area contributed by atoms with E-state index in [1.807, 2.05) is 23.1 Å². The number of amides is 2. The number of carbonyl (C=O) groups excluding carboxylic acids is 1. The number of hydrogen-bond acceptors (Lipinski definition) is 3. The Morgan fingerprint density at radius 3 is 2.59 bits per heavy atom. The molecular weight excluding hydrogens is 338 g/mol. The van der Waals surface area contributed by atoms with Gasteiger partial charge in [0.25, 0.3) is 0 Å². The summed E-state index contributed by atoms with van der Waals surface area (Å²) in [6.45, 7) is 8.13.